The minimum atomic E-state index is -0.111. The Morgan fingerprint density at radius 1 is 0.252 bits per heavy atom. The summed E-state index contributed by atoms with van der Waals surface area (Å²) in [5, 5.41) is 4.66. The van der Waals surface area contributed by atoms with Gasteiger partial charge in [0.25, 0.3) is 11.1 Å². The summed E-state index contributed by atoms with van der Waals surface area (Å²) in [6, 6.07) is 11.3. The van der Waals surface area contributed by atoms with E-state index in [-0.39, 0.29) is 97.8 Å². The van der Waals surface area contributed by atoms with Gasteiger partial charge in [0.1, 0.15) is 5.82 Å². The summed E-state index contributed by atoms with van der Waals surface area (Å²) in [5.74, 6) is 1.17. The minimum absolute atomic E-state index is 0.0650. The molecule has 123 heavy (non-hydrogen) atoms. The van der Waals surface area contributed by atoms with Crippen LogP contribution < -0.4 is 11.1 Å². The van der Waals surface area contributed by atoms with Crippen LogP contribution >= 0.6 is 0 Å². The highest BCUT2D eigenvalue weighted by Gasteiger charge is 2.35. The third-order valence-corrected chi connectivity index (χ3v) is 23.5. The van der Waals surface area contributed by atoms with Gasteiger partial charge in [-0.05, 0) is 156 Å². The standard InChI is InChI=1S/2C15H25NO.3C14H25N.2C13H24N2.C13H23N/c1-10-11(14(2,3)4)9-16(8)13(17)12(10)15(5,6)7;1-10-11(14(2,3)4)9-12(15(5,6)7)13(17)16(10)8;1-10-11(13(2,3)4)9-15(8)12(10)14(5,6)7;1-10-11(13(2,3)4)9-12(15(10)8)14(5,6)7;1-10-9-11(13(2,3)4)15(8)12(10)14(5,6)7;1-9-10(12(2,3)4)15(8)11(14-9)13(5,6)7;1-9-10(12(2,3)4)14-15(8)11(9)13(5,6)7;1-12(2,3)10-8-9-11(14(10)7)13(4,5)6/h2*9H,1-8H3;3*9H,1-8H3;2*1-8H3;8-9H,1-7H3. The van der Waals surface area contributed by atoms with Crippen molar-refractivity contribution in [3.8, 4) is 0 Å². The fourth-order valence-electron chi connectivity index (χ4n) is 18.7. The predicted molar refractivity (Wildman–Crippen MR) is 544 cm³/mol. The van der Waals surface area contributed by atoms with E-state index < -0.39 is 0 Å². The SMILES string of the molecule is Cc1c(C(C)(C)C)cc(C(C)(C)C)c(=O)n1C.Cc1c(C(C)(C)C)cc(C(C)(C)C)n1C.Cc1c(C(C)(C)C)cn(C)c(=O)c1C(C)(C)C.Cc1c(C(C)(C)C)cn(C)c1C(C)(C)C.Cc1c(C(C)(C)C)nn(C)c1C(C)(C)C.Cc1cc(C(C)(C)C)n(C)c1C(C)(C)C.Cc1nc(C(C)(C)C)n(C)c1C(C)(C)C.Cn1c(C(C)(C)C)ccc1C(C)(C)C. The summed E-state index contributed by atoms with van der Waals surface area (Å²) in [6.45, 7) is 122. The first-order valence-corrected chi connectivity index (χ1v) is 46.0. The van der Waals surface area contributed by atoms with Crippen LogP contribution in [0.4, 0.5) is 0 Å². The van der Waals surface area contributed by atoms with Gasteiger partial charge < -0.3 is 32.0 Å². The minimum Gasteiger partial charge on any atom is -0.353 e. The van der Waals surface area contributed by atoms with E-state index in [2.05, 4.69) is 474 Å². The normalized spacial score (nSPS) is 13.2. The van der Waals surface area contributed by atoms with Gasteiger partial charge in [0.05, 0.1) is 11.4 Å². The lowest BCUT2D eigenvalue weighted by Gasteiger charge is -2.28. The van der Waals surface area contributed by atoms with Crippen molar-refractivity contribution < 1.29 is 0 Å². The molecule has 0 unspecified atom stereocenters. The third kappa shape index (κ3) is 30.0. The van der Waals surface area contributed by atoms with E-state index in [9.17, 15) is 9.59 Å². The Morgan fingerprint density at radius 3 is 0.821 bits per heavy atom. The molecule has 12 nitrogen and oxygen atoms in total. The van der Waals surface area contributed by atoms with Crippen LogP contribution in [0.5, 0.6) is 0 Å². The lowest BCUT2D eigenvalue weighted by molar-refractivity contribution is 0.488. The summed E-state index contributed by atoms with van der Waals surface area (Å²) in [5.41, 5.74) is 31.3. The van der Waals surface area contributed by atoms with Crippen LogP contribution in [0, 0.1) is 48.5 Å². The molecule has 8 heterocycles. The Kier molecular flexibility index (Phi) is 36.1. The third-order valence-electron chi connectivity index (χ3n) is 23.5. The second-order valence-corrected chi connectivity index (χ2v) is 52.8. The van der Waals surface area contributed by atoms with Crippen molar-refractivity contribution in [2.24, 2.45) is 56.4 Å². The average Bonchev–Trinajstić information content (AvgIpc) is 1.00. The first kappa shape index (κ1) is 114. The fraction of sp³-hybridized carbons (Fsp3) is 0.712. The first-order valence-electron chi connectivity index (χ1n) is 46.0. The average molecular weight is 1700 g/mol. The van der Waals surface area contributed by atoms with Crippen LogP contribution in [-0.4, -0.2) is 46.7 Å². The van der Waals surface area contributed by atoms with Crippen molar-refractivity contribution in [3.05, 3.63) is 193 Å². The Balaban J connectivity index is 0.000000703. The summed E-state index contributed by atoms with van der Waals surface area (Å²) in [4.78, 5) is 29.3. The molecule has 0 saturated carbocycles. The molecule has 8 rings (SSSR count). The summed E-state index contributed by atoms with van der Waals surface area (Å²) >= 11 is 0. The summed E-state index contributed by atoms with van der Waals surface area (Å²) in [6.07, 6.45) is 4.27. The van der Waals surface area contributed by atoms with E-state index in [1.54, 1.807) is 9.13 Å². The van der Waals surface area contributed by atoms with E-state index in [0.29, 0.717) is 0 Å². The molecule has 702 valence electrons. The Morgan fingerprint density at radius 2 is 0.585 bits per heavy atom. The maximum atomic E-state index is 12.3. The lowest BCUT2D eigenvalue weighted by atomic mass is 9.78. The van der Waals surface area contributed by atoms with Crippen molar-refractivity contribution in [1.29, 1.82) is 0 Å². The van der Waals surface area contributed by atoms with Crippen molar-refractivity contribution in [1.82, 2.24) is 46.7 Å². The highest BCUT2D eigenvalue weighted by Crippen LogP contribution is 2.40. The topological polar surface area (TPSA) is 99.4 Å². The monoisotopic (exact) mass is 1700 g/mol. The van der Waals surface area contributed by atoms with Crippen LogP contribution in [0.25, 0.3) is 0 Å². The van der Waals surface area contributed by atoms with Gasteiger partial charge >= 0.3 is 0 Å². The molecule has 0 spiro atoms. The van der Waals surface area contributed by atoms with Gasteiger partial charge in [0, 0.05) is 191 Å². The zero-order valence-electron chi connectivity index (χ0n) is 92.8. The smallest absolute Gasteiger partial charge is 0.254 e. The number of hydrogen-bond donors (Lipinski definition) is 0. The van der Waals surface area contributed by atoms with Gasteiger partial charge in [-0.25, -0.2) is 4.98 Å². The Labute approximate surface area is 759 Å². The van der Waals surface area contributed by atoms with Crippen LogP contribution in [0.2, 0.25) is 0 Å². The molecule has 0 radical (unpaired) electrons. The van der Waals surface area contributed by atoms with Crippen LogP contribution in [0.1, 0.15) is 462 Å². The Hall–Kier alpha value is -6.56. The highest BCUT2D eigenvalue weighted by molar-refractivity contribution is 5.43. The van der Waals surface area contributed by atoms with Crippen molar-refractivity contribution in [3.63, 3.8) is 0 Å². The largest absolute Gasteiger partial charge is 0.353 e. The first-order chi connectivity index (χ1) is 53.8. The molecule has 8 aromatic heterocycles. The van der Waals surface area contributed by atoms with Gasteiger partial charge in [0.2, 0.25) is 0 Å². The maximum Gasteiger partial charge on any atom is 0.254 e. The summed E-state index contributed by atoms with van der Waals surface area (Å²) in [7, 11) is 16.6. The second kappa shape index (κ2) is 38.8. The summed E-state index contributed by atoms with van der Waals surface area (Å²) < 4.78 is 17.1. The van der Waals surface area contributed by atoms with Gasteiger partial charge in [-0.3, -0.25) is 14.3 Å². The molecular formula is C111H196N10O2. The van der Waals surface area contributed by atoms with E-state index in [4.69, 9.17) is 4.98 Å². The van der Waals surface area contributed by atoms with E-state index in [1.165, 1.54) is 102 Å². The van der Waals surface area contributed by atoms with Gasteiger partial charge in [-0.2, -0.15) is 5.10 Å². The van der Waals surface area contributed by atoms with E-state index in [1.807, 2.05) is 38.9 Å². The quantitative estimate of drug-likeness (QED) is 0.151. The molecule has 0 saturated heterocycles. The fourth-order valence-corrected chi connectivity index (χ4v) is 18.7. The maximum absolute atomic E-state index is 12.3. The molecule has 0 N–H and O–H groups in total. The zero-order valence-corrected chi connectivity index (χ0v) is 92.8. The second-order valence-electron chi connectivity index (χ2n) is 52.8. The van der Waals surface area contributed by atoms with Crippen molar-refractivity contribution in [2.45, 2.75) is 467 Å². The molecule has 0 atom stereocenters. The molecule has 0 aliphatic heterocycles. The molecule has 12 heteroatoms. The molecule has 8 aromatic rings. The zero-order chi connectivity index (χ0) is 98.4. The predicted octanol–water partition coefficient (Wildman–Crippen LogP) is 28.6. The molecule has 0 aliphatic rings. The number of hydrogen-bond acceptors (Lipinski definition) is 4. The number of rotatable bonds is 0. The molecule has 0 amide bonds. The van der Waals surface area contributed by atoms with Crippen molar-refractivity contribution >= 4 is 0 Å². The Bertz CT molecular complexity index is 4540. The van der Waals surface area contributed by atoms with Crippen LogP contribution in [0.15, 0.2) is 52.3 Å². The molecule has 0 bridgehead atoms. The van der Waals surface area contributed by atoms with E-state index in [0.717, 1.165) is 28.1 Å². The van der Waals surface area contributed by atoms with Crippen LogP contribution in [-0.2, 0) is 143 Å². The van der Waals surface area contributed by atoms with Gasteiger partial charge in [-0.15, -0.1) is 0 Å². The molecular weight excluding hydrogens is 1510 g/mol. The van der Waals surface area contributed by atoms with Crippen LogP contribution in [0.3, 0.4) is 0 Å². The highest BCUT2D eigenvalue weighted by atomic mass is 16.1. The van der Waals surface area contributed by atoms with Crippen molar-refractivity contribution in [2.75, 3.05) is 0 Å². The molecule has 0 aromatic carbocycles. The molecule has 0 aliphatic carbocycles. The van der Waals surface area contributed by atoms with E-state index >= 15 is 0 Å². The number of aromatic nitrogens is 10. The van der Waals surface area contributed by atoms with Gasteiger partial charge in [0.15, 0.2) is 0 Å². The number of aryl methyl sites for hydroxylation is 5. The number of imidazole rings is 1. The number of nitrogens with zero attached hydrogens (tertiary/aromatic N) is 10. The lowest BCUT2D eigenvalue weighted by Crippen LogP contribution is -2.33. The molecule has 0 fully saturated rings. The number of pyridine rings is 2. The van der Waals surface area contributed by atoms with Gasteiger partial charge in [-0.1, -0.05) is 332 Å².